The van der Waals surface area contributed by atoms with Gasteiger partial charge in [-0.05, 0) is 63.6 Å². The van der Waals surface area contributed by atoms with Crippen LogP contribution in [0.1, 0.15) is 61.4 Å². The molecule has 0 spiro atoms. The zero-order valence-electron chi connectivity index (χ0n) is 15.2. The van der Waals surface area contributed by atoms with Crippen molar-refractivity contribution in [2.24, 2.45) is 0 Å². The number of carbonyl (C=O) groups excluding carboxylic acids is 1. The molecule has 138 valence electrons. The fourth-order valence-corrected chi connectivity index (χ4v) is 5.59. The maximum atomic E-state index is 13.0. The standard InChI is InChI=1S/C19H28N2O3S/c1-15-9-10-17(19(22)21-13-7-4-8-16(21)2)14-18(15)25(23,24)20-11-5-3-6-12-20/h9-10,14,16H,3-8,11-13H2,1-2H3/t16-/m0/s1. The Balaban J connectivity index is 1.91. The zero-order valence-corrected chi connectivity index (χ0v) is 16.0. The van der Waals surface area contributed by atoms with Crippen LogP contribution in [-0.2, 0) is 10.0 Å². The molecule has 0 N–H and O–H groups in total. The van der Waals surface area contributed by atoms with Crippen molar-refractivity contribution in [2.45, 2.75) is 63.3 Å². The van der Waals surface area contributed by atoms with Gasteiger partial charge in [-0.1, -0.05) is 12.5 Å². The number of benzene rings is 1. The van der Waals surface area contributed by atoms with E-state index >= 15 is 0 Å². The summed E-state index contributed by atoms with van der Waals surface area (Å²) >= 11 is 0. The molecule has 0 aliphatic carbocycles. The van der Waals surface area contributed by atoms with Crippen molar-refractivity contribution in [1.29, 1.82) is 0 Å². The van der Waals surface area contributed by atoms with Gasteiger partial charge in [-0.3, -0.25) is 4.79 Å². The highest BCUT2D eigenvalue weighted by molar-refractivity contribution is 7.89. The van der Waals surface area contributed by atoms with Crippen LogP contribution in [0.3, 0.4) is 0 Å². The predicted octanol–water partition coefficient (Wildman–Crippen LogP) is 3.18. The SMILES string of the molecule is Cc1ccc(C(=O)N2CCCC[C@@H]2C)cc1S(=O)(=O)N1CCCCC1. The molecular weight excluding hydrogens is 336 g/mol. The van der Waals surface area contributed by atoms with Gasteiger partial charge in [-0.2, -0.15) is 4.31 Å². The largest absolute Gasteiger partial charge is 0.336 e. The summed E-state index contributed by atoms with van der Waals surface area (Å²) in [6.45, 7) is 5.76. The molecule has 2 heterocycles. The number of piperidine rings is 2. The number of hydrogen-bond acceptors (Lipinski definition) is 3. The molecule has 1 aromatic rings. The number of nitrogens with zero attached hydrogens (tertiary/aromatic N) is 2. The minimum atomic E-state index is -3.53. The van der Waals surface area contributed by atoms with E-state index in [4.69, 9.17) is 0 Å². The Bertz CT molecular complexity index is 739. The molecule has 0 bridgehead atoms. The third-order valence-corrected chi connectivity index (χ3v) is 7.47. The summed E-state index contributed by atoms with van der Waals surface area (Å²) in [5, 5.41) is 0. The van der Waals surface area contributed by atoms with Gasteiger partial charge in [0.25, 0.3) is 5.91 Å². The third-order valence-electron chi connectivity index (χ3n) is 5.43. The van der Waals surface area contributed by atoms with E-state index in [-0.39, 0.29) is 16.8 Å². The summed E-state index contributed by atoms with van der Waals surface area (Å²) in [6, 6.07) is 5.32. The van der Waals surface area contributed by atoms with Gasteiger partial charge in [0, 0.05) is 31.2 Å². The maximum absolute atomic E-state index is 13.0. The number of sulfonamides is 1. The number of amides is 1. The predicted molar refractivity (Wildman–Crippen MR) is 98.1 cm³/mol. The quantitative estimate of drug-likeness (QED) is 0.828. The summed E-state index contributed by atoms with van der Waals surface area (Å²) in [5.74, 6) is -0.0534. The lowest BCUT2D eigenvalue weighted by Crippen LogP contribution is -2.42. The van der Waals surface area contributed by atoms with Crippen molar-refractivity contribution in [3.05, 3.63) is 29.3 Å². The van der Waals surface area contributed by atoms with E-state index in [1.165, 1.54) is 0 Å². The summed E-state index contributed by atoms with van der Waals surface area (Å²) in [7, 11) is -3.53. The number of likely N-dealkylation sites (tertiary alicyclic amines) is 1. The highest BCUT2D eigenvalue weighted by atomic mass is 32.2. The highest BCUT2D eigenvalue weighted by Crippen LogP contribution is 2.26. The van der Waals surface area contributed by atoms with Crippen molar-refractivity contribution in [2.75, 3.05) is 19.6 Å². The molecule has 1 amide bonds. The summed E-state index contributed by atoms with van der Waals surface area (Å²) < 4.78 is 27.6. The van der Waals surface area contributed by atoms with Crippen molar-refractivity contribution in [3.8, 4) is 0 Å². The molecule has 25 heavy (non-hydrogen) atoms. The van der Waals surface area contributed by atoms with Gasteiger partial charge >= 0.3 is 0 Å². The number of rotatable bonds is 3. The topological polar surface area (TPSA) is 57.7 Å². The van der Waals surface area contributed by atoms with E-state index in [0.717, 1.165) is 45.1 Å². The van der Waals surface area contributed by atoms with E-state index in [0.29, 0.717) is 24.2 Å². The van der Waals surface area contributed by atoms with Crippen molar-refractivity contribution in [1.82, 2.24) is 9.21 Å². The van der Waals surface area contributed by atoms with E-state index in [1.54, 1.807) is 29.4 Å². The van der Waals surface area contributed by atoms with Crippen molar-refractivity contribution in [3.63, 3.8) is 0 Å². The van der Waals surface area contributed by atoms with Gasteiger partial charge in [0.1, 0.15) is 0 Å². The molecule has 2 aliphatic heterocycles. The maximum Gasteiger partial charge on any atom is 0.254 e. The van der Waals surface area contributed by atoms with Crippen LogP contribution in [0.5, 0.6) is 0 Å². The first-order chi connectivity index (χ1) is 11.9. The van der Waals surface area contributed by atoms with E-state index in [2.05, 4.69) is 6.92 Å². The van der Waals surface area contributed by atoms with E-state index < -0.39 is 10.0 Å². The molecule has 2 saturated heterocycles. The molecule has 0 unspecified atom stereocenters. The Hall–Kier alpha value is -1.40. The minimum absolute atomic E-state index is 0.0534. The molecule has 1 aromatic carbocycles. The van der Waals surface area contributed by atoms with Gasteiger partial charge in [0.05, 0.1) is 4.90 Å². The molecule has 5 nitrogen and oxygen atoms in total. The van der Waals surface area contributed by atoms with E-state index in [9.17, 15) is 13.2 Å². The fourth-order valence-electron chi connectivity index (χ4n) is 3.82. The van der Waals surface area contributed by atoms with Crippen molar-refractivity contribution < 1.29 is 13.2 Å². The van der Waals surface area contributed by atoms with Gasteiger partial charge in [0.2, 0.25) is 10.0 Å². The Kier molecular flexibility index (Phi) is 5.49. The molecule has 0 saturated carbocycles. The normalized spacial score (nSPS) is 22.8. The second kappa shape index (κ2) is 7.46. The van der Waals surface area contributed by atoms with Crippen LogP contribution >= 0.6 is 0 Å². The second-order valence-corrected chi connectivity index (χ2v) is 9.19. The van der Waals surface area contributed by atoms with Gasteiger partial charge in [0.15, 0.2) is 0 Å². The van der Waals surface area contributed by atoms with Gasteiger partial charge < -0.3 is 4.90 Å². The average Bonchev–Trinajstić information content (AvgIpc) is 2.62. The molecule has 6 heteroatoms. The Labute approximate surface area is 151 Å². The second-order valence-electron chi connectivity index (χ2n) is 7.29. The van der Waals surface area contributed by atoms with Crippen LogP contribution < -0.4 is 0 Å². The molecule has 2 fully saturated rings. The molecule has 0 radical (unpaired) electrons. The first-order valence-electron chi connectivity index (χ1n) is 9.33. The summed E-state index contributed by atoms with van der Waals surface area (Å²) in [5.41, 5.74) is 1.18. The van der Waals surface area contributed by atoms with Gasteiger partial charge in [-0.25, -0.2) is 8.42 Å². The van der Waals surface area contributed by atoms with Crippen LogP contribution in [0.2, 0.25) is 0 Å². The third kappa shape index (κ3) is 3.75. The Morgan fingerprint density at radius 2 is 1.72 bits per heavy atom. The first-order valence-corrected chi connectivity index (χ1v) is 10.8. The lowest BCUT2D eigenvalue weighted by Gasteiger charge is -2.33. The monoisotopic (exact) mass is 364 g/mol. The van der Waals surface area contributed by atoms with E-state index in [1.807, 2.05) is 4.90 Å². The lowest BCUT2D eigenvalue weighted by atomic mass is 10.0. The average molecular weight is 365 g/mol. The molecule has 1 atom stereocenters. The van der Waals surface area contributed by atoms with Crippen molar-refractivity contribution >= 4 is 15.9 Å². The van der Waals surface area contributed by atoms with Crippen LogP contribution in [-0.4, -0.2) is 49.2 Å². The number of carbonyl (C=O) groups is 1. The number of hydrogen-bond donors (Lipinski definition) is 0. The van der Waals surface area contributed by atoms with Crippen LogP contribution in [0.4, 0.5) is 0 Å². The van der Waals surface area contributed by atoms with Crippen LogP contribution in [0.15, 0.2) is 23.1 Å². The Morgan fingerprint density at radius 3 is 2.40 bits per heavy atom. The number of aryl methyl sites for hydroxylation is 1. The lowest BCUT2D eigenvalue weighted by molar-refractivity contribution is 0.0635. The first kappa shape index (κ1) is 18.4. The molecular formula is C19H28N2O3S. The fraction of sp³-hybridized carbons (Fsp3) is 0.632. The summed E-state index contributed by atoms with van der Waals surface area (Å²) in [6.07, 6.45) is 6.06. The summed E-state index contributed by atoms with van der Waals surface area (Å²) in [4.78, 5) is 15.1. The molecule has 3 rings (SSSR count). The Morgan fingerprint density at radius 1 is 1.04 bits per heavy atom. The zero-order chi connectivity index (χ0) is 18.0. The molecule has 2 aliphatic rings. The smallest absolute Gasteiger partial charge is 0.254 e. The van der Waals surface area contributed by atoms with Crippen LogP contribution in [0, 0.1) is 6.92 Å². The highest BCUT2D eigenvalue weighted by Gasteiger charge is 2.30. The molecule has 0 aromatic heterocycles. The minimum Gasteiger partial charge on any atom is -0.336 e. The van der Waals surface area contributed by atoms with Gasteiger partial charge in [-0.15, -0.1) is 0 Å². The van der Waals surface area contributed by atoms with Crippen LogP contribution in [0.25, 0.3) is 0 Å².